The molecule has 1 fully saturated rings. The lowest BCUT2D eigenvalue weighted by Gasteiger charge is -2.12. The summed E-state index contributed by atoms with van der Waals surface area (Å²) in [6.45, 7) is 1.40. The molecule has 0 aromatic rings. The molecule has 0 bridgehead atoms. The number of hydrogen-bond donors (Lipinski definition) is 0. The van der Waals surface area contributed by atoms with E-state index < -0.39 is 17.8 Å². The van der Waals surface area contributed by atoms with Gasteiger partial charge in [-0.1, -0.05) is 0 Å². The van der Waals surface area contributed by atoms with Crippen molar-refractivity contribution in [1.82, 2.24) is 0 Å². The summed E-state index contributed by atoms with van der Waals surface area (Å²) < 4.78 is 4.52. The van der Waals surface area contributed by atoms with Gasteiger partial charge in [0.2, 0.25) is 0 Å². The van der Waals surface area contributed by atoms with Crippen LogP contribution in [0.3, 0.4) is 0 Å². The summed E-state index contributed by atoms with van der Waals surface area (Å²) in [5, 5.41) is 0. The Hall–Kier alpha value is -1.19. The molecule has 0 aromatic carbocycles. The zero-order valence-corrected chi connectivity index (χ0v) is 7.70. The fraction of sp³-hybridized carbons (Fsp3) is 0.667. The fourth-order valence-electron chi connectivity index (χ4n) is 1.68. The third-order valence-electron chi connectivity index (χ3n) is 2.41. The number of methoxy groups -OCH3 is 1. The largest absolute Gasteiger partial charge is 0.469 e. The van der Waals surface area contributed by atoms with Gasteiger partial charge >= 0.3 is 5.97 Å². The van der Waals surface area contributed by atoms with Crippen LogP contribution in [0.15, 0.2) is 0 Å². The van der Waals surface area contributed by atoms with Crippen LogP contribution in [-0.2, 0) is 19.1 Å². The van der Waals surface area contributed by atoms with Crippen LogP contribution in [0, 0.1) is 11.8 Å². The Bertz CT molecular complexity index is 256. The highest BCUT2D eigenvalue weighted by atomic mass is 16.5. The first-order valence-corrected chi connectivity index (χ1v) is 4.16. The lowest BCUT2D eigenvalue weighted by molar-refractivity contribution is -0.148. The van der Waals surface area contributed by atoms with Crippen molar-refractivity contribution in [3.8, 4) is 0 Å². The second-order valence-corrected chi connectivity index (χ2v) is 3.29. The Morgan fingerprint density at radius 1 is 1.31 bits per heavy atom. The lowest BCUT2D eigenvalue weighted by atomic mass is 9.93. The van der Waals surface area contributed by atoms with Crippen molar-refractivity contribution < 1.29 is 19.1 Å². The van der Waals surface area contributed by atoms with Crippen LogP contribution < -0.4 is 0 Å². The van der Waals surface area contributed by atoms with E-state index >= 15 is 0 Å². The molecule has 2 atom stereocenters. The van der Waals surface area contributed by atoms with Crippen LogP contribution in [0.25, 0.3) is 0 Å². The average molecular weight is 184 g/mol. The summed E-state index contributed by atoms with van der Waals surface area (Å²) in [4.78, 5) is 33.2. The van der Waals surface area contributed by atoms with Crippen molar-refractivity contribution >= 4 is 17.5 Å². The molecule has 0 aromatic heterocycles. The number of carbonyl (C=O) groups is 3. The van der Waals surface area contributed by atoms with Gasteiger partial charge in [0.1, 0.15) is 11.6 Å². The predicted octanol–water partition coefficient (Wildman–Crippen LogP) is 0.344. The summed E-state index contributed by atoms with van der Waals surface area (Å²) in [7, 11) is 1.27. The Kier molecular flexibility index (Phi) is 2.80. The van der Waals surface area contributed by atoms with Gasteiger partial charge in [0.05, 0.1) is 13.0 Å². The van der Waals surface area contributed by atoms with Crippen LogP contribution in [0.5, 0.6) is 0 Å². The number of Topliss-reactive ketones (excluding diaryl/α,β-unsaturated/α-hetero) is 2. The van der Waals surface area contributed by atoms with Crippen molar-refractivity contribution in [2.45, 2.75) is 19.8 Å². The second-order valence-electron chi connectivity index (χ2n) is 3.29. The Morgan fingerprint density at radius 2 is 1.85 bits per heavy atom. The summed E-state index contributed by atoms with van der Waals surface area (Å²) in [6.07, 6.45) is 0.339. The summed E-state index contributed by atoms with van der Waals surface area (Å²) in [5.41, 5.74) is 0. The maximum Gasteiger partial charge on any atom is 0.309 e. The van der Waals surface area contributed by atoms with E-state index in [0.717, 1.165) is 0 Å². The maximum atomic E-state index is 11.1. The molecular formula is C9H12O4. The van der Waals surface area contributed by atoms with E-state index in [1.165, 1.54) is 14.0 Å². The van der Waals surface area contributed by atoms with E-state index in [1.54, 1.807) is 0 Å². The van der Waals surface area contributed by atoms with Gasteiger partial charge in [0, 0.05) is 18.8 Å². The fourth-order valence-corrected chi connectivity index (χ4v) is 1.68. The summed E-state index contributed by atoms with van der Waals surface area (Å²) in [6, 6.07) is 0. The van der Waals surface area contributed by atoms with Gasteiger partial charge in [-0.25, -0.2) is 0 Å². The van der Waals surface area contributed by atoms with Crippen LogP contribution in [-0.4, -0.2) is 24.6 Å². The molecule has 4 heteroatoms. The van der Waals surface area contributed by atoms with Gasteiger partial charge in [0.15, 0.2) is 0 Å². The van der Waals surface area contributed by atoms with Crippen LogP contribution in [0.1, 0.15) is 19.8 Å². The predicted molar refractivity (Wildman–Crippen MR) is 43.9 cm³/mol. The van der Waals surface area contributed by atoms with Crippen molar-refractivity contribution in [2.75, 3.05) is 7.11 Å². The highest BCUT2D eigenvalue weighted by Crippen LogP contribution is 2.30. The number of hydrogen-bond acceptors (Lipinski definition) is 4. The molecule has 0 aliphatic heterocycles. The second kappa shape index (κ2) is 3.68. The zero-order valence-electron chi connectivity index (χ0n) is 7.70. The number of ketones is 2. The van der Waals surface area contributed by atoms with Crippen molar-refractivity contribution in [2.24, 2.45) is 11.8 Å². The molecule has 0 heterocycles. The van der Waals surface area contributed by atoms with Crippen LogP contribution in [0.4, 0.5) is 0 Å². The molecule has 0 N–H and O–H groups in total. The molecule has 13 heavy (non-hydrogen) atoms. The van der Waals surface area contributed by atoms with E-state index in [-0.39, 0.29) is 24.4 Å². The molecule has 0 radical (unpaired) electrons. The molecule has 1 rings (SSSR count). The molecule has 1 saturated carbocycles. The zero-order chi connectivity index (χ0) is 10.0. The van der Waals surface area contributed by atoms with Gasteiger partial charge in [-0.15, -0.1) is 0 Å². The minimum absolute atomic E-state index is 0.0319. The maximum absolute atomic E-state index is 11.1. The van der Waals surface area contributed by atoms with Crippen molar-refractivity contribution in [1.29, 1.82) is 0 Å². The van der Waals surface area contributed by atoms with E-state index in [9.17, 15) is 14.4 Å². The van der Waals surface area contributed by atoms with Crippen molar-refractivity contribution in [3.05, 3.63) is 0 Å². The topological polar surface area (TPSA) is 60.4 Å². The molecule has 0 unspecified atom stereocenters. The molecule has 72 valence electrons. The summed E-state index contributed by atoms with van der Waals surface area (Å²) >= 11 is 0. The molecular weight excluding hydrogens is 172 g/mol. The van der Waals surface area contributed by atoms with Gasteiger partial charge in [-0.2, -0.15) is 0 Å². The first-order valence-electron chi connectivity index (χ1n) is 4.16. The number of carbonyl (C=O) groups excluding carboxylic acids is 3. The van der Waals surface area contributed by atoms with Crippen molar-refractivity contribution in [3.63, 3.8) is 0 Å². The first kappa shape index (κ1) is 9.89. The highest BCUT2D eigenvalue weighted by molar-refractivity contribution is 5.96. The number of ether oxygens (including phenoxy) is 1. The van der Waals surface area contributed by atoms with Gasteiger partial charge in [0.25, 0.3) is 0 Å². The Labute approximate surface area is 76.3 Å². The van der Waals surface area contributed by atoms with Gasteiger partial charge < -0.3 is 4.74 Å². The molecule has 1 aliphatic carbocycles. The SMILES string of the molecule is COC(=O)[C@@H]1CC(=O)C[C@H]1C(C)=O. The molecule has 1 aliphatic rings. The van der Waals surface area contributed by atoms with Gasteiger partial charge in [-0.3, -0.25) is 14.4 Å². The Balaban J connectivity index is 2.77. The molecule has 4 nitrogen and oxygen atoms in total. The normalized spacial score (nSPS) is 27.4. The summed E-state index contributed by atoms with van der Waals surface area (Å²) in [5.74, 6) is -1.60. The number of rotatable bonds is 2. The third kappa shape index (κ3) is 1.94. The van der Waals surface area contributed by atoms with Crippen LogP contribution in [0.2, 0.25) is 0 Å². The van der Waals surface area contributed by atoms with Crippen LogP contribution >= 0.6 is 0 Å². The first-order chi connectivity index (χ1) is 6.06. The third-order valence-corrected chi connectivity index (χ3v) is 2.41. The monoisotopic (exact) mass is 184 g/mol. The van der Waals surface area contributed by atoms with E-state index in [0.29, 0.717) is 0 Å². The van der Waals surface area contributed by atoms with E-state index in [4.69, 9.17) is 0 Å². The minimum atomic E-state index is -0.546. The Morgan fingerprint density at radius 3 is 2.31 bits per heavy atom. The van der Waals surface area contributed by atoms with E-state index in [2.05, 4.69) is 4.74 Å². The van der Waals surface area contributed by atoms with E-state index in [1.807, 2.05) is 0 Å². The average Bonchev–Trinajstić information content (AvgIpc) is 2.46. The lowest BCUT2D eigenvalue weighted by Crippen LogP contribution is -2.24. The minimum Gasteiger partial charge on any atom is -0.469 e. The quantitative estimate of drug-likeness (QED) is 0.581. The standard InChI is InChI=1S/C9H12O4/c1-5(10)7-3-6(11)4-8(7)9(12)13-2/h7-8H,3-4H2,1-2H3/t7-,8+/m0/s1. The number of esters is 1. The highest BCUT2D eigenvalue weighted by Gasteiger charge is 2.40. The smallest absolute Gasteiger partial charge is 0.309 e. The molecule has 0 spiro atoms. The molecule has 0 saturated heterocycles. The molecule has 0 amide bonds. The van der Waals surface area contributed by atoms with Gasteiger partial charge in [-0.05, 0) is 6.92 Å².